The van der Waals surface area contributed by atoms with E-state index in [1.807, 2.05) is 48.5 Å². The summed E-state index contributed by atoms with van der Waals surface area (Å²) >= 11 is 1.52. The zero-order valence-corrected chi connectivity index (χ0v) is 16.1. The normalized spacial score (nSPS) is 10.1. The molecule has 0 aliphatic heterocycles. The lowest BCUT2D eigenvalue weighted by molar-refractivity contribution is -0.115. The highest BCUT2D eigenvalue weighted by molar-refractivity contribution is 7.99. The summed E-state index contributed by atoms with van der Waals surface area (Å²) in [6, 6.07) is 18.9. The summed E-state index contributed by atoms with van der Waals surface area (Å²) in [5, 5.41) is 12.0. The summed E-state index contributed by atoms with van der Waals surface area (Å²) in [4.78, 5) is 21.4. The van der Waals surface area contributed by atoms with Crippen molar-refractivity contribution in [3.05, 3.63) is 72.2 Å². The molecule has 0 unspecified atom stereocenters. The Morgan fingerprint density at radius 2 is 2.04 bits per heavy atom. The lowest BCUT2D eigenvalue weighted by Gasteiger charge is -2.07. The number of benzene rings is 2. The summed E-state index contributed by atoms with van der Waals surface area (Å²) < 4.78 is 5.26. The number of aromatic nitrogens is 2. The van der Waals surface area contributed by atoms with Crippen LogP contribution in [0.5, 0.6) is 5.75 Å². The van der Waals surface area contributed by atoms with Crippen LogP contribution < -0.4 is 10.1 Å². The molecular formula is C21H18N4O2S. The number of rotatable bonds is 7. The molecule has 6 nitrogen and oxygen atoms in total. The molecule has 0 atom stereocenters. The molecule has 1 heterocycles. The van der Waals surface area contributed by atoms with E-state index >= 15 is 0 Å². The molecule has 28 heavy (non-hydrogen) atoms. The van der Waals surface area contributed by atoms with E-state index < -0.39 is 0 Å². The Morgan fingerprint density at radius 1 is 1.21 bits per heavy atom. The monoisotopic (exact) mass is 390 g/mol. The molecule has 1 amide bonds. The van der Waals surface area contributed by atoms with Crippen molar-refractivity contribution in [2.24, 2.45) is 0 Å². The predicted molar refractivity (Wildman–Crippen MR) is 107 cm³/mol. The van der Waals surface area contributed by atoms with E-state index in [1.165, 1.54) is 11.8 Å². The number of methoxy groups -OCH3 is 1. The molecule has 3 rings (SSSR count). The number of hydrogen-bond donors (Lipinski definition) is 1. The fraction of sp³-hybridized carbons (Fsp3) is 0.143. The molecular weight excluding hydrogens is 372 g/mol. The number of carbonyl (C=O) groups is 1. The Morgan fingerprint density at radius 3 is 2.79 bits per heavy atom. The molecule has 0 bridgehead atoms. The van der Waals surface area contributed by atoms with Crippen LogP contribution in [0.25, 0.3) is 0 Å². The van der Waals surface area contributed by atoms with Crippen LogP contribution in [0.1, 0.15) is 17.8 Å². The minimum Gasteiger partial charge on any atom is -0.497 e. The summed E-state index contributed by atoms with van der Waals surface area (Å²) in [5.41, 5.74) is 1.74. The molecule has 1 N–H and O–H groups in total. The van der Waals surface area contributed by atoms with Crippen LogP contribution in [-0.4, -0.2) is 23.0 Å². The molecule has 0 aliphatic carbocycles. The SMILES string of the molecule is COc1cccc(Cc2nccc(Sc3ccc(NC(=O)CC#N)cc3)n2)c1. The second-order valence-corrected chi connectivity index (χ2v) is 6.94. The number of ether oxygens (including phenoxy) is 1. The number of nitrogens with one attached hydrogen (secondary N) is 1. The Bertz CT molecular complexity index is 1000. The van der Waals surface area contributed by atoms with Gasteiger partial charge < -0.3 is 10.1 Å². The van der Waals surface area contributed by atoms with Crippen LogP contribution in [0, 0.1) is 11.3 Å². The Kier molecular flexibility index (Phi) is 6.60. The second-order valence-electron chi connectivity index (χ2n) is 5.85. The van der Waals surface area contributed by atoms with Crippen LogP contribution in [0.15, 0.2) is 70.7 Å². The van der Waals surface area contributed by atoms with E-state index in [9.17, 15) is 4.79 Å². The maximum absolute atomic E-state index is 11.5. The smallest absolute Gasteiger partial charge is 0.238 e. The summed E-state index contributed by atoms with van der Waals surface area (Å²) in [5.74, 6) is 1.23. The second kappa shape index (κ2) is 9.53. The molecule has 1 aromatic heterocycles. The van der Waals surface area contributed by atoms with Crippen molar-refractivity contribution >= 4 is 23.4 Å². The van der Waals surface area contributed by atoms with Gasteiger partial charge >= 0.3 is 0 Å². The van der Waals surface area contributed by atoms with E-state index in [0.29, 0.717) is 12.1 Å². The number of anilines is 1. The molecule has 0 spiro atoms. The van der Waals surface area contributed by atoms with Crippen LogP contribution in [0.4, 0.5) is 5.69 Å². The maximum Gasteiger partial charge on any atom is 0.238 e. The molecule has 0 saturated heterocycles. The lowest BCUT2D eigenvalue weighted by atomic mass is 10.1. The van der Waals surface area contributed by atoms with Gasteiger partial charge in [0.25, 0.3) is 0 Å². The highest BCUT2D eigenvalue weighted by Crippen LogP contribution is 2.27. The minimum absolute atomic E-state index is 0.159. The molecule has 0 radical (unpaired) electrons. The Balaban J connectivity index is 1.65. The molecule has 2 aromatic carbocycles. The number of hydrogen-bond acceptors (Lipinski definition) is 6. The van der Waals surface area contributed by atoms with Crippen molar-refractivity contribution in [3.63, 3.8) is 0 Å². The molecule has 0 fully saturated rings. The predicted octanol–water partition coefficient (Wildman–Crippen LogP) is 4.08. The quantitative estimate of drug-likeness (QED) is 0.612. The van der Waals surface area contributed by atoms with Crippen molar-refractivity contribution in [1.82, 2.24) is 9.97 Å². The van der Waals surface area contributed by atoms with Gasteiger partial charge in [-0.2, -0.15) is 5.26 Å². The van der Waals surface area contributed by atoms with Crippen LogP contribution in [0.2, 0.25) is 0 Å². The summed E-state index contributed by atoms with van der Waals surface area (Å²) in [6.45, 7) is 0. The highest BCUT2D eigenvalue weighted by atomic mass is 32.2. The van der Waals surface area contributed by atoms with Gasteiger partial charge in [-0.3, -0.25) is 4.79 Å². The van der Waals surface area contributed by atoms with E-state index in [-0.39, 0.29) is 12.3 Å². The number of nitrogens with zero attached hydrogens (tertiary/aromatic N) is 3. The molecule has 140 valence electrons. The highest BCUT2D eigenvalue weighted by Gasteiger charge is 2.06. The topological polar surface area (TPSA) is 87.9 Å². The average molecular weight is 390 g/mol. The van der Waals surface area contributed by atoms with Gasteiger partial charge in [-0.25, -0.2) is 9.97 Å². The maximum atomic E-state index is 11.5. The van der Waals surface area contributed by atoms with Crippen molar-refractivity contribution in [2.45, 2.75) is 22.8 Å². The van der Waals surface area contributed by atoms with Gasteiger partial charge in [-0.15, -0.1) is 0 Å². The fourth-order valence-electron chi connectivity index (χ4n) is 2.49. The van der Waals surface area contributed by atoms with Crippen molar-refractivity contribution in [1.29, 1.82) is 5.26 Å². The van der Waals surface area contributed by atoms with Gasteiger partial charge in [0.2, 0.25) is 5.91 Å². The van der Waals surface area contributed by atoms with E-state index in [2.05, 4.69) is 15.3 Å². The third-order valence-corrected chi connectivity index (χ3v) is 4.72. The summed E-state index contributed by atoms with van der Waals surface area (Å²) in [6.07, 6.45) is 2.21. The lowest BCUT2D eigenvalue weighted by Crippen LogP contribution is -2.09. The molecule has 3 aromatic rings. The van der Waals surface area contributed by atoms with Gasteiger partial charge in [0.1, 0.15) is 23.0 Å². The fourth-order valence-corrected chi connectivity index (χ4v) is 3.29. The minimum atomic E-state index is -0.319. The largest absolute Gasteiger partial charge is 0.497 e. The third-order valence-electron chi connectivity index (χ3n) is 3.78. The van der Waals surface area contributed by atoms with Gasteiger partial charge in [0.15, 0.2) is 0 Å². The van der Waals surface area contributed by atoms with E-state index in [1.54, 1.807) is 25.4 Å². The average Bonchev–Trinajstić information content (AvgIpc) is 2.70. The van der Waals surface area contributed by atoms with Crippen molar-refractivity contribution in [3.8, 4) is 11.8 Å². The molecule has 0 aliphatic rings. The standard InChI is InChI=1S/C21H18N4O2S/c1-27-17-4-2-3-15(13-17)14-19-23-12-10-21(25-19)28-18-7-5-16(6-8-18)24-20(26)9-11-22/h2-8,10,12-13H,9,14H2,1H3,(H,24,26). The zero-order valence-electron chi connectivity index (χ0n) is 15.3. The van der Waals surface area contributed by atoms with Gasteiger partial charge in [-0.05, 0) is 48.0 Å². The Hall–Kier alpha value is -3.37. The first kappa shape index (κ1) is 19.4. The first-order valence-electron chi connectivity index (χ1n) is 8.56. The number of nitriles is 1. The van der Waals surface area contributed by atoms with Gasteiger partial charge in [0, 0.05) is 23.2 Å². The van der Waals surface area contributed by atoms with Crippen molar-refractivity contribution in [2.75, 3.05) is 12.4 Å². The van der Waals surface area contributed by atoms with Crippen LogP contribution in [-0.2, 0) is 11.2 Å². The third kappa shape index (κ3) is 5.56. The van der Waals surface area contributed by atoms with Gasteiger partial charge in [0.05, 0.1) is 13.2 Å². The first-order chi connectivity index (χ1) is 13.7. The van der Waals surface area contributed by atoms with E-state index in [0.717, 1.165) is 27.1 Å². The summed E-state index contributed by atoms with van der Waals surface area (Å²) in [7, 11) is 1.65. The number of amides is 1. The first-order valence-corrected chi connectivity index (χ1v) is 9.37. The number of carbonyl (C=O) groups excluding carboxylic acids is 1. The van der Waals surface area contributed by atoms with Crippen LogP contribution >= 0.6 is 11.8 Å². The van der Waals surface area contributed by atoms with Crippen LogP contribution in [0.3, 0.4) is 0 Å². The molecule has 0 saturated carbocycles. The zero-order chi connectivity index (χ0) is 19.8. The Labute approximate surface area is 167 Å². The van der Waals surface area contributed by atoms with Crippen molar-refractivity contribution < 1.29 is 9.53 Å². The molecule has 7 heteroatoms. The van der Waals surface area contributed by atoms with Gasteiger partial charge in [-0.1, -0.05) is 23.9 Å². The van der Waals surface area contributed by atoms with E-state index in [4.69, 9.17) is 10.00 Å².